The Morgan fingerprint density at radius 3 is 2.50 bits per heavy atom. The van der Waals surface area contributed by atoms with Gasteiger partial charge in [-0.2, -0.15) is 0 Å². The van der Waals surface area contributed by atoms with Gasteiger partial charge in [0.05, 0.1) is 0 Å². The van der Waals surface area contributed by atoms with Crippen molar-refractivity contribution in [2.45, 2.75) is 59.0 Å². The highest BCUT2D eigenvalue weighted by molar-refractivity contribution is 5.91. The summed E-state index contributed by atoms with van der Waals surface area (Å²) in [6.07, 6.45) is 2.03. The fraction of sp³-hybridized carbons (Fsp3) is 0.611. The van der Waals surface area contributed by atoms with E-state index in [0.717, 1.165) is 17.7 Å². The number of aliphatic hydroxyl groups excluding tert-OH is 1. The molecule has 0 bridgehead atoms. The van der Waals surface area contributed by atoms with Crippen LogP contribution < -0.4 is 10.6 Å². The molecule has 1 aromatic rings. The summed E-state index contributed by atoms with van der Waals surface area (Å²) in [5, 5.41) is 15.6. The van der Waals surface area contributed by atoms with Gasteiger partial charge in [0.15, 0.2) is 0 Å². The number of anilines is 1. The second-order valence-electron chi connectivity index (χ2n) is 6.19. The summed E-state index contributed by atoms with van der Waals surface area (Å²) in [5.41, 5.74) is 2.05. The largest absolute Gasteiger partial charge is 0.396 e. The zero-order valence-electron chi connectivity index (χ0n) is 14.2. The topological polar surface area (TPSA) is 61.4 Å². The third kappa shape index (κ3) is 6.16. The first-order valence-electron chi connectivity index (χ1n) is 8.22. The molecule has 2 atom stereocenters. The predicted molar refractivity (Wildman–Crippen MR) is 92.0 cm³/mol. The number of hydrogen-bond acceptors (Lipinski definition) is 3. The zero-order chi connectivity index (χ0) is 16.5. The third-order valence-corrected chi connectivity index (χ3v) is 3.91. The number of rotatable bonds is 9. The fourth-order valence-electron chi connectivity index (χ4n) is 2.60. The highest BCUT2D eigenvalue weighted by Gasteiger charge is 2.17. The van der Waals surface area contributed by atoms with E-state index in [1.165, 1.54) is 0 Å². The van der Waals surface area contributed by atoms with Crippen LogP contribution in [0.15, 0.2) is 24.3 Å². The molecular weight excluding hydrogens is 276 g/mol. The van der Waals surface area contributed by atoms with Crippen molar-refractivity contribution in [3.63, 3.8) is 0 Å². The molecule has 0 spiro atoms. The van der Waals surface area contributed by atoms with Crippen molar-refractivity contribution < 1.29 is 9.90 Å². The Hall–Kier alpha value is -1.39. The van der Waals surface area contributed by atoms with E-state index in [2.05, 4.69) is 31.4 Å². The molecule has 2 unspecified atom stereocenters. The lowest BCUT2D eigenvalue weighted by atomic mass is 10.00. The van der Waals surface area contributed by atoms with Crippen molar-refractivity contribution in [3.05, 3.63) is 29.8 Å². The van der Waals surface area contributed by atoms with Gasteiger partial charge < -0.3 is 15.7 Å². The molecule has 124 valence electrons. The molecule has 0 aliphatic heterocycles. The second kappa shape index (κ2) is 9.59. The molecule has 1 aromatic carbocycles. The van der Waals surface area contributed by atoms with E-state index in [4.69, 9.17) is 5.11 Å². The quantitative estimate of drug-likeness (QED) is 0.657. The fourth-order valence-corrected chi connectivity index (χ4v) is 2.60. The average molecular weight is 306 g/mol. The van der Waals surface area contributed by atoms with E-state index in [1.54, 1.807) is 0 Å². The van der Waals surface area contributed by atoms with Gasteiger partial charge in [0.25, 0.3) is 0 Å². The second-order valence-corrected chi connectivity index (χ2v) is 6.19. The number of hydrogen-bond donors (Lipinski definition) is 3. The van der Waals surface area contributed by atoms with Crippen molar-refractivity contribution in [1.29, 1.82) is 0 Å². The molecule has 1 amide bonds. The number of amides is 1. The molecule has 3 N–H and O–H groups in total. The van der Waals surface area contributed by atoms with Crippen LogP contribution in [-0.4, -0.2) is 29.7 Å². The van der Waals surface area contributed by atoms with Gasteiger partial charge in [0.1, 0.15) is 0 Å². The Labute approximate surface area is 134 Å². The van der Waals surface area contributed by atoms with E-state index in [1.807, 2.05) is 31.2 Å². The maximum absolute atomic E-state index is 12.2. The van der Waals surface area contributed by atoms with Crippen molar-refractivity contribution in [3.8, 4) is 0 Å². The maximum Gasteiger partial charge on any atom is 0.225 e. The molecule has 0 fully saturated rings. The number of nitrogens with one attached hydrogen (secondary N) is 2. The molecule has 0 aliphatic carbocycles. The number of carbonyl (C=O) groups is 1. The Kier molecular flexibility index (Phi) is 8.13. The Morgan fingerprint density at radius 1 is 1.23 bits per heavy atom. The Morgan fingerprint density at radius 2 is 1.91 bits per heavy atom. The highest BCUT2D eigenvalue weighted by atomic mass is 16.3. The van der Waals surface area contributed by atoms with E-state index >= 15 is 0 Å². The molecule has 0 saturated carbocycles. The number of aryl methyl sites for hydroxylation is 1. The summed E-state index contributed by atoms with van der Waals surface area (Å²) < 4.78 is 0. The minimum Gasteiger partial charge on any atom is -0.396 e. The molecule has 4 nitrogen and oxygen atoms in total. The van der Waals surface area contributed by atoms with Crippen molar-refractivity contribution in [2.75, 3.05) is 11.9 Å². The Bertz CT molecular complexity index is 460. The minimum atomic E-state index is 0.0207. The summed E-state index contributed by atoms with van der Waals surface area (Å²) in [6.45, 7) is 8.50. The van der Waals surface area contributed by atoms with Crippen LogP contribution in [0, 0.1) is 5.92 Å². The lowest BCUT2D eigenvalue weighted by Crippen LogP contribution is -2.42. The molecule has 1 rings (SSSR count). The van der Waals surface area contributed by atoms with Gasteiger partial charge in [0, 0.05) is 30.8 Å². The predicted octanol–water partition coefficient (Wildman–Crippen LogP) is 2.96. The maximum atomic E-state index is 12.2. The molecule has 0 radical (unpaired) electrons. The van der Waals surface area contributed by atoms with Crippen LogP contribution in [0.3, 0.4) is 0 Å². The lowest BCUT2D eigenvalue weighted by molar-refractivity contribution is -0.116. The van der Waals surface area contributed by atoms with Crippen LogP contribution in [0.1, 0.15) is 46.1 Å². The monoisotopic (exact) mass is 306 g/mol. The minimum absolute atomic E-state index is 0.0207. The lowest BCUT2D eigenvalue weighted by Gasteiger charge is -2.25. The summed E-state index contributed by atoms with van der Waals surface area (Å²) in [4.78, 5) is 12.2. The SMILES string of the molecule is CCc1ccccc1NC(=O)CC(C)NC(CCO)C(C)C. The first-order valence-corrected chi connectivity index (χ1v) is 8.22. The van der Waals surface area contributed by atoms with Gasteiger partial charge in [-0.1, -0.05) is 39.0 Å². The smallest absolute Gasteiger partial charge is 0.225 e. The normalized spacial score (nSPS) is 13.9. The van der Waals surface area contributed by atoms with Gasteiger partial charge in [-0.25, -0.2) is 0 Å². The first-order chi connectivity index (χ1) is 10.5. The van der Waals surface area contributed by atoms with E-state index in [-0.39, 0.29) is 24.6 Å². The van der Waals surface area contributed by atoms with Crippen LogP contribution in [0.25, 0.3) is 0 Å². The molecule has 0 aliphatic rings. The summed E-state index contributed by atoms with van der Waals surface area (Å²) in [6, 6.07) is 8.21. The van der Waals surface area contributed by atoms with Crippen molar-refractivity contribution in [1.82, 2.24) is 5.32 Å². The van der Waals surface area contributed by atoms with E-state index in [0.29, 0.717) is 18.8 Å². The summed E-state index contributed by atoms with van der Waals surface area (Å²) in [5.74, 6) is 0.450. The van der Waals surface area contributed by atoms with Crippen LogP contribution >= 0.6 is 0 Å². The third-order valence-electron chi connectivity index (χ3n) is 3.91. The molecule has 0 saturated heterocycles. The molecule has 0 heterocycles. The molecular formula is C18H30N2O2. The van der Waals surface area contributed by atoms with Gasteiger partial charge in [-0.15, -0.1) is 0 Å². The number of carbonyl (C=O) groups excluding carboxylic acids is 1. The van der Waals surface area contributed by atoms with E-state index in [9.17, 15) is 4.79 Å². The Balaban J connectivity index is 2.53. The summed E-state index contributed by atoms with van der Waals surface area (Å²) in [7, 11) is 0. The number of aliphatic hydroxyl groups is 1. The van der Waals surface area contributed by atoms with Crippen LogP contribution in [0.5, 0.6) is 0 Å². The average Bonchev–Trinajstić information content (AvgIpc) is 2.47. The molecule has 4 heteroatoms. The molecule has 22 heavy (non-hydrogen) atoms. The standard InChI is InChI=1S/C18H30N2O2/c1-5-15-8-6-7-9-17(15)20-18(22)12-14(4)19-16(10-11-21)13(2)3/h6-9,13-14,16,19,21H,5,10-12H2,1-4H3,(H,20,22). The number of benzene rings is 1. The van der Waals surface area contributed by atoms with Crippen LogP contribution in [0.2, 0.25) is 0 Å². The highest BCUT2D eigenvalue weighted by Crippen LogP contribution is 2.16. The first kappa shape index (κ1) is 18.7. The van der Waals surface area contributed by atoms with Crippen LogP contribution in [0.4, 0.5) is 5.69 Å². The summed E-state index contributed by atoms with van der Waals surface area (Å²) >= 11 is 0. The van der Waals surface area contributed by atoms with Gasteiger partial charge in [-0.3, -0.25) is 4.79 Å². The zero-order valence-corrected chi connectivity index (χ0v) is 14.2. The van der Waals surface area contributed by atoms with Gasteiger partial charge >= 0.3 is 0 Å². The van der Waals surface area contributed by atoms with Gasteiger partial charge in [-0.05, 0) is 37.3 Å². The van der Waals surface area contributed by atoms with Crippen molar-refractivity contribution in [2.24, 2.45) is 5.92 Å². The van der Waals surface area contributed by atoms with Crippen molar-refractivity contribution >= 4 is 11.6 Å². The van der Waals surface area contributed by atoms with E-state index < -0.39 is 0 Å². The van der Waals surface area contributed by atoms with Crippen LogP contribution in [-0.2, 0) is 11.2 Å². The number of para-hydroxylation sites is 1. The van der Waals surface area contributed by atoms with Gasteiger partial charge in [0.2, 0.25) is 5.91 Å². The molecule has 0 aromatic heterocycles.